The van der Waals surface area contributed by atoms with Crippen LogP contribution in [0.2, 0.25) is 0 Å². The Labute approximate surface area is 117 Å². The Kier molecular flexibility index (Phi) is 2.62. The van der Waals surface area contributed by atoms with Crippen molar-refractivity contribution < 1.29 is 0 Å². The summed E-state index contributed by atoms with van der Waals surface area (Å²) in [5.74, 6) is 2.45. The summed E-state index contributed by atoms with van der Waals surface area (Å²) in [7, 11) is 0. The maximum absolute atomic E-state index is 4.44. The van der Waals surface area contributed by atoms with Crippen LogP contribution in [0.15, 0.2) is 60.7 Å². The summed E-state index contributed by atoms with van der Waals surface area (Å²) < 4.78 is 2.26. The molecule has 1 atom stereocenters. The van der Waals surface area contributed by atoms with Crippen LogP contribution in [0, 0.1) is 0 Å². The molecule has 3 aromatic rings. The molecule has 1 aromatic heterocycles. The normalized spacial score (nSPS) is 17.1. The molecule has 0 fully saturated rings. The van der Waals surface area contributed by atoms with Gasteiger partial charge >= 0.3 is 0 Å². The Balaban J connectivity index is 1.77. The highest BCUT2D eigenvalue weighted by atomic mass is 15.3. The number of benzene rings is 2. The molecule has 20 heavy (non-hydrogen) atoms. The van der Waals surface area contributed by atoms with Gasteiger partial charge in [-0.1, -0.05) is 60.7 Å². The highest BCUT2D eigenvalue weighted by Gasteiger charge is 2.28. The van der Waals surface area contributed by atoms with Gasteiger partial charge in [0, 0.05) is 18.0 Å². The fourth-order valence-electron chi connectivity index (χ4n) is 2.98. The Morgan fingerprint density at radius 3 is 2.30 bits per heavy atom. The van der Waals surface area contributed by atoms with Gasteiger partial charge in [-0.15, -0.1) is 10.2 Å². The van der Waals surface area contributed by atoms with Crippen molar-refractivity contribution in [1.29, 1.82) is 0 Å². The van der Waals surface area contributed by atoms with Gasteiger partial charge in [-0.3, -0.25) is 0 Å². The number of fused-ring (bicyclic) bond motifs is 1. The van der Waals surface area contributed by atoms with Crippen molar-refractivity contribution in [2.24, 2.45) is 0 Å². The molecule has 0 saturated carbocycles. The van der Waals surface area contributed by atoms with E-state index in [4.69, 9.17) is 0 Å². The van der Waals surface area contributed by atoms with Gasteiger partial charge < -0.3 is 4.57 Å². The molecule has 0 aliphatic carbocycles. The number of nitrogens with zero attached hydrogens (tertiary/aromatic N) is 3. The van der Waals surface area contributed by atoms with Gasteiger partial charge in [0.25, 0.3) is 0 Å². The minimum Gasteiger partial charge on any atom is -0.310 e. The van der Waals surface area contributed by atoms with E-state index < -0.39 is 0 Å². The van der Waals surface area contributed by atoms with E-state index >= 15 is 0 Å². The van der Waals surface area contributed by atoms with Crippen molar-refractivity contribution in [2.75, 3.05) is 0 Å². The Bertz CT molecular complexity index is 717. The molecule has 0 spiro atoms. The van der Waals surface area contributed by atoms with Crippen LogP contribution in [0.25, 0.3) is 11.4 Å². The lowest BCUT2D eigenvalue weighted by Crippen LogP contribution is -1.98. The van der Waals surface area contributed by atoms with Crippen molar-refractivity contribution in [1.82, 2.24) is 14.8 Å². The molecule has 4 rings (SSSR count). The van der Waals surface area contributed by atoms with Crippen LogP contribution in [0.1, 0.15) is 23.7 Å². The second kappa shape index (κ2) is 4.60. The Morgan fingerprint density at radius 1 is 0.850 bits per heavy atom. The van der Waals surface area contributed by atoms with Gasteiger partial charge in [0.05, 0.1) is 0 Å². The second-order valence-corrected chi connectivity index (χ2v) is 5.15. The zero-order valence-corrected chi connectivity index (χ0v) is 11.1. The van der Waals surface area contributed by atoms with Crippen LogP contribution in [0.3, 0.4) is 0 Å². The minimum absolute atomic E-state index is 0.376. The quantitative estimate of drug-likeness (QED) is 0.707. The average molecular weight is 261 g/mol. The molecule has 0 saturated heterocycles. The minimum atomic E-state index is 0.376. The van der Waals surface area contributed by atoms with Crippen LogP contribution in [0.4, 0.5) is 0 Å². The van der Waals surface area contributed by atoms with Gasteiger partial charge in [0.2, 0.25) is 0 Å². The van der Waals surface area contributed by atoms with Gasteiger partial charge in [0.1, 0.15) is 5.82 Å². The lowest BCUT2D eigenvalue weighted by atomic mass is 9.98. The van der Waals surface area contributed by atoms with E-state index in [1.54, 1.807) is 0 Å². The summed E-state index contributed by atoms with van der Waals surface area (Å²) in [6.07, 6.45) is 1.11. The Morgan fingerprint density at radius 2 is 1.55 bits per heavy atom. The number of hydrogen-bond donors (Lipinski definition) is 0. The van der Waals surface area contributed by atoms with E-state index in [0.29, 0.717) is 5.92 Å². The molecule has 2 heterocycles. The standard InChI is InChI=1S/C17H15N3/c1-3-7-13(8-4-1)15-11-12-20-16(18-19-17(15)20)14-9-5-2-6-10-14/h1-10,15H,11-12H2. The van der Waals surface area contributed by atoms with E-state index in [1.165, 1.54) is 5.56 Å². The molecule has 98 valence electrons. The topological polar surface area (TPSA) is 30.7 Å². The molecule has 0 amide bonds. The molecule has 3 heteroatoms. The zero-order chi connectivity index (χ0) is 13.4. The largest absolute Gasteiger partial charge is 0.310 e. The predicted octanol–water partition coefficient (Wildman–Crippen LogP) is 3.48. The first kappa shape index (κ1) is 11.4. The van der Waals surface area contributed by atoms with Crippen LogP contribution in [0.5, 0.6) is 0 Å². The summed E-state index contributed by atoms with van der Waals surface area (Å²) in [4.78, 5) is 0. The third kappa shape index (κ3) is 1.74. The van der Waals surface area contributed by atoms with Crippen molar-refractivity contribution >= 4 is 0 Å². The highest BCUT2D eigenvalue weighted by molar-refractivity contribution is 5.55. The number of aromatic nitrogens is 3. The molecule has 1 aliphatic rings. The monoisotopic (exact) mass is 261 g/mol. The molecular weight excluding hydrogens is 246 g/mol. The van der Waals surface area contributed by atoms with Crippen molar-refractivity contribution in [2.45, 2.75) is 18.9 Å². The summed E-state index contributed by atoms with van der Waals surface area (Å²) in [5.41, 5.74) is 2.47. The third-order valence-electron chi connectivity index (χ3n) is 3.97. The lowest BCUT2D eigenvalue weighted by molar-refractivity contribution is 0.713. The zero-order valence-electron chi connectivity index (χ0n) is 11.1. The van der Waals surface area contributed by atoms with Crippen LogP contribution in [-0.4, -0.2) is 14.8 Å². The molecule has 0 bridgehead atoms. The fourth-order valence-corrected chi connectivity index (χ4v) is 2.98. The predicted molar refractivity (Wildman–Crippen MR) is 78.4 cm³/mol. The number of rotatable bonds is 2. The highest BCUT2D eigenvalue weighted by Crippen LogP contribution is 2.35. The Hall–Kier alpha value is -2.42. The van der Waals surface area contributed by atoms with E-state index in [2.05, 4.69) is 57.2 Å². The molecule has 2 aromatic carbocycles. The van der Waals surface area contributed by atoms with Crippen LogP contribution >= 0.6 is 0 Å². The first-order valence-electron chi connectivity index (χ1n) is 6.97. The fraction of sp³-hybridized carbons (Fsp3) is 0.176. The smallest absolute Gasteiger partial charge is 0.163 e. The SMILES string of the molecule is c1ccc(-c2nnc3n2CCC3c2ccccc2)cc1. The molecule has 1 aliphatic heterocycles. The van der Waals surface area contributed by atoms with Crippen molar-refractivity contribution in [3.05, 3.63) is 72.1 Å². The van der Waals surface area contributed by atoms with Crippen LogP contribution in [-0.2, 0) is 6.54 Å². The third-order valence-corrected chi connectivity index (χ3v) is 3.97. The van der Waals surface area contributed by atoms with Gasteiger partial charge in [-0.05, 0) is 12.0 Å². The van der Waals surface area contributed by atoms with Gasteiger partial charge in [-0.2, -0.15) is 0 Å². The van der Waals surface area contributed by atoms with Gasteiger partial charge in [-0.25, -0.2) is 0 Å². The number of hydrogen-bond acceptors (Lipinski definition) is 2. The van der Waals surface area contributed by atoms with E-state index in [1.807, 2.05) is 18.2 Å². The van der Waals surface area contributed by atoms with E-state index in [-0.39, 0.29) is 0 Å². The summed E-state index contributed by atoms with van der Waals surface area (Å²) in [6, 6.07) is 20.9. The first-order valence-corrected chi connectivity index (χ1v) is 6.97. The molecule has 0 N–H and O–H groups in total. The van der Waals surface area contributed by atoms with Crippen molar-refractivity contribution in [3.8, 4) is 11.4 Å². The maximum Gasteiger partial charge on any atom is 0.163 e. The molecule has 0 radical (unpaired) electrons. The van der Waals surface area contributed by atoms with E-state index in [0.717, 1.165) is 30.2 Å². The molecule has 1 unspecified atom stereocenters. The summed E-state index contributed by atoms with van der Waals surface area (Å²) >= 11 is 0. The maximum atomic E-state index is 4.44. The second-order valence-electron chi connectivity index (χ2n) is 5.15. The summed E-state index contributed by atoms with van der Waals surface area (Å²) in [6.45, 7) is 0.992. The molecular formula is C17H15N3. The van der Waals surface area contributed by atoms with Gasteiger partial charge in [0.15, 0.2) is 5.82 Å². The first-order chi connectivity index (χ1) is 9.93. The van der Waals surface area contributed by atoms with Crippen molar-refractivity contribution in [3.63, 3.8) is 0 Å². The summed E-state index contributed by atoms with van der Waals surface area (Å²) in [5, 5.41) is 8.84. The van der Waals surface area contributed by atoms with Crippen LogP contribution < -0.4 is 0 Å². The van der Waals surface area contributed by atoms with E-state index in [9.17, 15) is 0 Å². The lowest BCUT2D eigenvalue weighted by Gasteiger charge is -2.06. The molecule has 3 nitrogen and oxygen atoms in total. The average Bonchev–Trinajstić information content (AvgIpc) is 3.10.